The highest BCUT2D eigenvalue weighted by molar-refractivity contribution is 7.92. The Hall–Kier alpha value is -3.52. The van der Waals surface area contributed by atoms with Crippen molar-refractivity contribution in [3.63, 3.8) is 0 Å². The van der Waals surface area contributed by atoms with Crippen molar-refractivity contribution < 1.29 is 22.7 Å². The Morgan fingerprint density at radius 1 is 0.941 bits per heavy atom. The van der Waals surface area contributed by atoms with E-state index in [1.807, 2.05) is 32.0 Å². The minimum absolute atomic E-state index is 0.146. The molecule has 0 unspecified atom stereocenters. The number of fused-ring (bicyclic) bond motifs is 1. The SMILES string of the molecule is CCN(Cc1cccc2c1OCCO2)C(=O)c1ccc(N(C)S(=O)(=O)c2ccc(C)cc2)cc1. The normalized spacial score (nSPS) is 12.8. The monoisotopic (exact) mass is 480 g/mol. The zero-order chi connectivity index (χ0) is 24.3. The van der Waals surface area contributed by atoms with Crippen molar-refractivity contribution in [2.24, 2.45) is 0 Å². The Morgan fingerprint density at radius 3 is 2.29 bits per heavy atom. The molecule has 34 heavy (non-hydrogen) atoms. The molecule has 4 rings (SSSR count). The van der Waals surface area contributed by atoms with E-state index in [0.29, 0.717) is 49.1 Å². The molecule has 178 valence electrons. The van der Waals surface area contributed by atoms with Crippen LogP contribution in [0.1, 0.15) is 28.4 Å². The highest BCUT2D eigenvalue weighted by Crippen LogP contribution is 2.34. The second kappa shape index (κ2) is 9.77. The lowest BCUT2D eigenvalue weighted by atomic mass is 10.1. The van der Waals surface area contributed by atoms with Crippen LogP contribution in [-0.2, 0) is 16.6 Å². The van der Waals surface area contributed by atoms with Gasteiger partial charge in [0.05, 0.1) is 10.6 Å². The molecule has 0 N–H and O–H groups in total. The van der Waals surface area contributed by atoms with Crippen LogP contribution < -0.4 is 13.8 Å². The fourth-order valence-corrected chi connectivity index (χ4v) is 4.99. The average molecular weight is 481 g/mol. The summed E-state index contributed by atoms with van der Waals surface area (Å²) in [5, 5.41) is 0. The predicted molar refractivity (Wildman–Crippen MR) is 131 cm³/mol. The van der Waals surface area contributed by atoms with Gasteiger partial charge in [0.1, 0.15) is 13.2 Å². The first-order valence-corrected chi connectivity index (χ1v) is 12.6. The molecule has 8 heteroatoms. The van der Waals surface area contributed by atoms with Crippen LogP contribution in [-0.4, -0.2) is 46.0 Å². The van der Waals surface area contributed by atoms with Gasteiger partial charge in [0.15, 0.2) is 11.5 Å². The van der Waals surface area contributed by atoms with Gasteiger partial charge in [-0.25, -0.2) is 8.42 Å². The standard InChI is InChI=1S/C26H28N2O5S/c1-4-28(18-21-6-5-7-24-25(21)33-17-16-32-24)26(29)20-10-12-22(13-11-20)27(3)34(30,31)23-14-8-19(2)9-15-23/h5-15H,4,16-18H2,1-3H3. The first-order valence-electron chi connectivity index (χ1n) is 11.1. The number of amides is 1. The van der Waals surface area contributed by atoms with Gasteiger partial charge in [-0.1, -0.05) is 29.8 Å². The highest BCUT2D eigenvalue weighted by Gasteiger charge is 2.23. The molecule has 0 aromatic heterocycles. The predicted octanol–water partition coefficient (Wildman–Crippen LogP) is 4.25. The third kappa shape index (κ3) is 4.72. The highest BCUT2D eigenvalue weighted by atomic mass is 32.2. The van der Waals surface area contributed by atoms with Crippen LogP contribution >= 0.6 is 0 Å². The zero-order valence-corrected chi connectivity index (χ0v) is 20.3. The van der Waals surface area contributed by atoms with Crippen molar-refractivity contribution in [3.8, 4) is 11.5 Å². The Balaban J connectivity index is 1.51. The van der Waals surface area contributed by atoms with E-state index in [4.69, 9.17) is 9.47 Å². The lowest BCUT2D eigenvalue weighted by molar-refractivity contribution is 0.0749. The summed E-state index contributed by atoms with van der Waals surface area (Å²) >= 11 is 0. The summed E-state index contributed by atoms with van der Waals surface area (Å²) in [6.07, 6.45) is 0. The largest absolute Gasteiger partial charge is 0.486 e. The van der Waals surface area contributed by atoms with Crippen LogP contribution in [0.2, 0.25) is 0 Å². The number of hydrogen-bond acceptors (Lipinski definition) is 5. The van der Waals surface area contributed by atoms with Crippen molar-refractivity contribution in [2.45, 2.75) is 25.3 Å². The molecule has 1 amide bonds. The molecule has 0 saturated heterocycles. The van der Waals surface area contributed by atoms with Crippen LogP contribution in [0.5, 0.6) is 11.5 Å². The van der Waals surface area contributed by atoms with Crippen LogP contribution in [0.4, 0.5) is 5.69 Å². The fraction of sp³-hybridized carbons (Fsp3) is 0.269. The lowest BCUT2D eigenvalue weighted by Crippen LogP contribution is -2.31. The maximum atomic E-state index is 13.2. The van der Waals surface area contributed by atoms with E-state index in [0.717, 1.165) is 11.1 Å². The van der Waals surface area contributed by atoms with E-state index in [1.165, 1.54) is 11.4 Å². The minimum Gasteiger partial charge on any atom is -0.486 e. The number of anilines is 1. The van der Waals surface area contributed by atoms with Gasteiger partial charge in [-0.05, 0) is 56.3 Å². The summed E-state index contributed by atoms with van der Waals surface area (Å²) in [6, 6.07) is 19.0. The number of nitrogens with zero attached hydrogens (tertiary/aromatic N) is 2. The number of carbonyl (C=O) groups is 1. The number of aryl methyl sites for hydroxylation is 1. The quantitative estimate of drug-likeness (QED) is 0.505. The molecule has 7 nitrogen and oxygen atoms in total. The summed E-state index contributed by atoms with van der Waals surface area (Å²) in [4.78, 5) is 15.1. The molecule has 0 spiro atoms. The van der Waals surface area contributed by atoms with Crippen LogP contribution in [0, 0.1) is 6.92 Å². The molecule has 3 aromatic rings. The topological polar surface area (TPSA) is 76.2 Å². The van der Waals surface area contributed by atoms with E-state index in [2.05, 4.69) is 0 Å². The molecule has 1 aliphatic rings. The van der Waals surface area contributed by atoms with Gasteiger partial charge < -0.3 is 14.4 Å². The molecule has 0 aliphatic carbocycles. The number of hydrogen-bond donors (Lipinski definition) is 0. The zero-order valence-electron chi connectivity index (χ0n) is 19.5. The van der Waals surface area contributed by atoms with Crippen LogP contribution in [0.25, 0.3) is 0 Å². The molecule has 0 bridgehead atoms. The summed E-state index contributed by atoms with van der Waals surface area (Å²) in [5.41, 5.74) is 2.82. The van der Waals surface area contributed by atoms with Gasteiger partial charge >= 0.3 is 0 Å². The van der Waals surface area contributed by atoms with Gasteiger partial charge in [0, 0.05) is 31.3 Å². The minimum atomic E-state index is -3.70. The summed E-state index contributed by atoms with van der Waals surface area (Å²) in [6.45, 7) is 5.69. The Labute approximate surface area is 200 Å². The van der Waals surface area contributed by atoms with E-state index < -0.39 is 10.0 Å². The van der Waals surface area contributed by atoms with Gasteiger partial charge in [-0.2, -0.15) is 0 Å². The van der Waals surface area contributed by atoms with E-state index >= 15 is 0 Å². The third-order valence-electron chi connectivity index (χ3n) is 5.84. The molecular formula is C26H28N2O5S. The summed E-state index contributed by atoms with van der Waals surface area (Å²) < 4.78 is 38.6. The Kier molecular flexibility index (Phi) is 6.79. The third-order valence-corrected chi connectivity index (χ3v) is 7.63. The van der Waals surface area contributed by atoms with Gasteiger partial charge in [0.25, 0.3) is 15.9 Å². The second-order valence-corrected chi connectivity index (χ2v) is 10.1. The smallest absolute Gasteiger partial charge is 0.264 e. The number of benzene rings is 3. The molecule has 0 saturated carbocycles. The van der Waals surface area contributed by atoms with E-state index in [9.17, 15) is 13.2 Å². The fourth-order valence-electron chi connectivity index (χ4n) is 3.80. The lowest BCUT2D eigenvalue weighted by Gasteiger charge is -2.25. The number of rotatable bonds is 7. The second-order valence-electron chi connectivity index (χ2n) is 8.09. The number of para-hydroxylation sites is 1. The van der Waals surface area contributed by atoms with E-state index in [-0.39, 0.29) is 10.8 Å². The number of ether oxygens (including phenoxy) is 2. The molecule has 1 aliphatic heterocycles. The molecule has 0 fully saturated rings. The molecule has 0 radical (unpaired) electrons. The summed E-state index contributed by atoms with van der Waals surface area (Å²) in [5.74, 6) is 1.22. The van der Waals surface area contributed by atoms with Crippen molar-refractivity contribution in [3.05, 3.63) is 83.4 Å². The van der Waals surface area contributed by atoms with Crippen LogP contribution in [0.15, 0.2) is 71.6 Å². The Morgan fingerprint density at radius 2 is 1.62 bits per heavy atom. The van der Waals surface area contributed by atoms with Crippen molar-refractivity contribution in [2.75, 3.05) is 31.1 Å². The van der Waals surface area contributed by atoms with Crippen molar-refractivity contribution in [1.29, 1.82) is 0 Å². The van der Waals surface area contributed by atoms with Gasteiger partial charge in [-0.3, -0.25) is 9.10 Å². The molecule has 1 heterocycles. The van der Waals surface area contributed by atoms with Crippen LogP contribution in [0.3, 0.4) is 0 Å². The molecule has 0 atom stereocenters. The maximum Gasteiger partial charge on any atom is 0.264 e. The number of carbonyl (C=O) groups excluding carboxylic acids is 1. The van der Waals surface area contributed by atoms with Crippen molar-refractivity contribution in [1.82, 2.24) is 4.90 Å². The van der Waals surface area contributed by atoms with Crippen molar-refractivity contribution >= 4 is 21.6 Å². The summed E-state index contributed by atoms with van der Waals surface area (Å²) in [7, 11) is -2.20. The molecular weight excluding hydrogens is 452 g/mol. The first-order chi connectivity index (χ1) is 16.3. The number of sulfonamides is 1. The molecule has 3 aromatic carbocycles. The van der Waals surface area contributed by atoms with Gasteiger partial charge in [-0.15, -0.1) is 0 Å². The van der Waals surface area contributed by atoms with Gasteiger partial charge in [0.2, 0.25) is 0 Å². The Bertz CT molecular complexity index is 1270. The maximum absolute atomic E-state index is 13.2. The average Bonchev–Trinajstić information content (AvgIpc) is 2.87. The first kappa shape index (κ1) is 23.6. The van der Waals surface area contributed by atoms with E-state index in [1.54, 1.807) is 53.4 Å².